The van der Waals surface area contributed by atoms with E-state index in [-0.39, 0.29) is 17.2 Å². The Morgan fingerprint density at radius 2 is 1.50 bits per heavy atom. The highest BCUT2D eigenvalue weighted by Gasteiger charge is 2.41. The summed E-state index contributed by atoms with van der Waals surface area (Å²) in [4.78, 5) is 19.8. The van der Waals surface area contributed by atoms with Crippen LogP contribution in [0.4, 0.5) is 36.4 Å². The minimum absolute atomic E-state index is 0.0368. The van der Waals surface area contributed by atoms with Crippen LogP contribution >= 0.6 is 0 Å². The minimum atomic E-state index is -5.05. The molecule has 1 fully saturated rings. The van der Waals surface area contributed by atoms with E-state index in [0.717, 1.165) is 31.4 Å². The molecule has 3 aromatic rings. The Morgan fingerprint density at radius 3 is 2.02 bits per heavy atom. The van der Waals surface area contributed by atoms with Crippen molar-refractivity contribution in [3.63, 3.8) is 0 Å². The zero-order chi connectivity index (χ0) is 31.3. The van der Waals surface area contributed by atoms with Gasteiger partial charge in [0.1, 0.15) is 5.82 Å². The van der Waals surface area contributed by atoms with Gasteiger partial charge in [0.15, 0.2) is 0 Å². The summed E-state index contributed by atoms with van der Waals surface area (Å²) in [6, 6.07) is 7.25. The number of amides is 1. The maximum Gasteiger partial charge on any atom is 0.416 e. The number of anilines is 1. The maximum atomic E-state index is 14.0. The van der Waals surface area contributed by atoms with E-state index in [0.29, 0.717) is 28.8 Å². The fourth-order valence-electron chi connectivity index (χ4n) is 5.55. The molecule has 0 N–H and O–H groups in total. The molecule has 225 valence electrons. The van der Waals surface area contributed by atoms with Crippen LogP contribution in [-0.2, 0) is 28.0 Å². The second-order valence-corrected chi connectivity index (χ2v) is 11.8. The number of hydrogen-bond acceptors (Lipinski definition) is 2. The number of rotatable bonds is 5. The summed E-state index contributed by atoms with van der Waals surface area (Å²) in [6.07, 6.45) is -2.76. The molecule has 1 aliphatic carbocycles. The van der Waals surface area contributed by atoms with E-state index < -0.39 is 46.2 Å². The highest BCUT2D eigenvalue weighted by Crippen LogP contribution is 2.43. The number of likely N-dealkylation sites (N-methyl/N-ethyl adjacent to an activating group) is 1. The van der Waals surface area contributed by atoms with Gasteiger partial charge in [0.05, 0.1) is 28.4 Å². The Bertz CT molecular complexity index is 1450. The van der Waals surface area contributed by atoms with Crippen LogP contribution < -0.4 is 4.90 Å². The first-order chi connectivity index (χ1) is 19.3. The van der Waals surface area contributed by atoms with Crippen LogP contribution in [0.2, 0.25) is 0 Å². The molecule has 1 atom stereocenters. The van der Waals surface area contributed by atoms with Gasteiger partial charge in [-0.3, -0.25) is 9.78 Å². The second kappa shape index (κ2) is 11.0. The Balaban J connectivity index is 1.84. The first-order valence-electron chi connectivity index (χ1n) is 13.5. The van der Waals surface area contributed by atoms with Crippen LogP contribution in [0.5, 0.6) is 0 Å². The topological polar surface area (TPSA) is 33.2 Å². The SMILES string of the molecule is Cc1cc(F)ccc1-c1cc(C2(C)C[CH]CCC2)ncc1N(C)C(=O)C(C)(C)c1cc(C(F)(F)F)cc(C(F)(F)F)c1. The molecule has 1 aliphatic rings. The number of aryl methyl sites for hydroxylation is 1. The predicted octanol–water partition coefficient (Wildman–Crippen LogP) is 9.21. The molecule has 0 aliphatic heterocycles. The van der Waals surface area contributed by atoms with Crippen molar-refractivity contribution in [2.24, 2.45) is 0 Å². The summed E-state index contributed by atoms with van der Waals surface area (Å²) < 4.78 is 95.5. The molecule has 4 rings (SSSR count). The van der Waals surface area contributed by atoms with Crippen LogP contribution in [0.25, 0.3) is 11.1 Å². The Labute approximate surface area is 240 Å². The van der Waals surface area contributed by atoms with Crippen LogP contribution in [0.15, 0.2) is 48.7 Å². The molecular weight excluding hydrogens is 561 g/mol. The van der Waals surface area contributed by atoms with Gasteiger partial charge in [-0.1, -0.05) is 25.8 Å². The fraction of sp³-hybridized carbons (Fsp3) is 0.406. The summed E-state index contributed by atoms with van der Waals surface area (Å²) in [7, 11) is 1.40. The summed E-state index contributed by atoms with van der Waals surface area (Å²) >= 11 is 0. The lowest BCUT2D eigenvalue weighted by atomic mass is 9.73. The lowest BCUT2D eigenvalue weighted by Crippen LogP contribution is -2.42. The van der Waals surface area contributed by atoms with Gasteiger partial charge >= 0.3 is 12.4 Å². The summed E-state index contributed by atoms with van der Waals surface area (Å²) in [6.45, 7) is 6.37. The number of hydrogen-bond donors (Lipinski definition) is 0. The van der Waals surface area contributed by atoms with Crippen molar-refractivity contribution in [2.45, 2.75) is 76.6 Å². The van der Waals surface area contributed by atoms with Crippen LogP contribution in [0, 0.1) is 19.2 Å². The molecule has 0 saturated heterocycles. The van der Waals surface area contributed by atoms with E-state index in [2.05, 4.69) is 18.3 Å². The number of carbonyl (C=O) groups is 1. The quantitative estimate of drug-likeness (QED) is 0.277. The van der Waals surface area contributed by atoms with E-state index in [1.165, 1.54) is 44.1 Å². The zero-order valence-corrected chi connectivity index (χ0v) is 24.0. The second-order valence-electron chi connectivity index (χ2n) is 11.8. The van der Waals surface area contributed by atoms with Gasteiger partial charge in [-0.2, -0.15) is 26.3 Å². The van der Waals surface area contributed by atoms with E-state index >= 15 is 0 Å². The predicted molar refractivity (Wildman–Crippen MR) is 147 cm³/mol. The van der Waals surface area contributed by atoms with E-state index in [1.54, 1.807) is 13.0 Å². The average molecular weight is 594 g/mol. The molecule has 1 unspecified atom stereocenters. The van der Waals surface area contributed by atoms with E-state index in [4.69, 9.17) is 0 Å². The van der Waals surface area contributed by atoms with Gasteiger partial charge in [-0.25, -0.2) is 4.39 Å². The monoisotopic (exact) mass is 593 g/mol. The molecule has 2 aromatic carbocycles. The van der Waals surface area contributed by atoms with Crippen LogP contribution in [-0.4, -0.2) is 17.9 Å². The van der Waals surface area contributed by atoms with E-state index in [9.17, 15) is 35.5 Å². The molecule has 1 saturated carbocycles. The van der Waals surface area contributed by atoms with Crippen LogP contribution in [0.3, 0.4) is 0 Å². The number of carbonyl (C=O) groups excluding carboxylic acids is 1. The molecule has 0 spiro atoms. The summed E-state index contributed by atoms with van der Waals surface area (Å²) in [5.41, 5.74) is -2.68. The molecule has 3 nitrogen and oxygen atoms in total. The third-order valence-electron chi connectivity index (χ3n) is 8.22. The highest BCUT2D eigenvalue weighted by molar-refractivity contribution is 6.03. The van der Waals surface area contributed by atoms with Gasteiger partial charge < -0.3 is 4.90 Å². The zero-order valence-electron chi connectivity index (χ0n) is 24.0. The third-order valence-corrected chi connectivity index (χ3v) is 8.22. The van der Waals surface area contributed by atoms with Gasteiger partial charge in [0.25, 0.3) is 0 Å². The van der Waals surface area contributed by atoms with Crippen molar-refractivity contribution in [3.05, 3.63) is 88.8 Å². The molecule has 1 aromatic heterocycles. The molecule has 1 radical (unpaired) electrons. The maximum absolute atomic E-state index is 14.0. The molecule has 1 heterocycles. The van der Waals surface area contributed by atoms with Gasteiger partial charge in [0.2, 0.25) is 5.91 Å². The standard InChI is InChI=1S/C32H32F7N2O/c1-19-13-23(33)9-10-24(19)25-17-27(30(4)11-7-6-8-12-30)40-18-26(25)41(5)28(42)29(2,3)20-14-21(31(34,35)36)16-22(15-20)32(37,38)39/h7,9-10,13-18H,6,8,11-12H2,1-5H3. The average Bonchev–Trinajstić information content (AvgIpc) is 2.91. The minimum Gasteiger partial charge on any atom is -0.313 e. The van der Waals surface area contributed by atoms with Gasteiger partial charge in [-0.15, -0.1) is 0 Å². The lowest BCUT2D eigenvalue weighted by molar-refractivity contribution is -0.143. The van der Waals surface area contributed by atoms with Crippen molar-refractivity contribution in [3.8, 4) is 11.1 Å². The number of nitrogens with zero attached hydrogens (tertiary/aromatic N) is 2. The summed E-state index contributed by atoms with van der Waals surface area (Å²) in [5.74, 6) is -1.20. The first kappa shape index (κ1) is 31.5. The van der Waals surface area contributed by atoms with Gasteiger partial charge in [0, 0.05) is 23.7 Å². The highest BCUT2D eigenvalue weighted by atomic mass is 19.4. The van der Waals surface area contributed by atoms with Crippen LogP contribution in [0.1, 0.15) is 74.4 Å². The smallest absolute Gasteiger partial charge is 0.313 e. The molecule has 0 bridgehead atoms. The Morgan fingerprint density at radius 1 is 0.905 bits per heavy atom. The number of aromatic nitrogens is 1. The molecule has 10 heteroatoms. The number of halogens is 7. The Kier molecular flexibility index (Phi) is 8.25. The third kappa shape index (κ3) is 6.17. The molecular formula is C32H32F7N2O. The largest absolute Gasteiger partial charge is 0.416 e. The lowest BCUT2D eigenvalue weighted by Gasteiger charge is -2.35. The van der Waals surface area contributed by atoms with Crippen molar-refractivity contribution < 1.29 is 35.5 Å². The van der Waals surface area contributed by atoms with E-state index in [1.807, 2.05) is 6.07 Å². The molecule has 42 heavy (non-hydrogen) atoms. The number of alkyl halides is 6. The van der Waals surface area contributed by atoms with Crippen molar-refractivity contribution in [1.82, 2.24) is 4.98 Å². The number of benzene rings is 2. The first-order valence-corrected chi connectivity index (χ1v) is 13.5. The van der Waals surface area contributed by atoms with Crippen molar-refractivity contribution in [2.75, 3.05) is 11.9 Å². The van der Waals surface area contributed by atoms with Gasteiger partial charge in [-0.05, 0) is 93.1 Å². The molecule has 1 amide bonds. The van der Waals surface area contributed by atoms with Crippen molar-refractivity contribution >= 4 is 11.6 Å². The number of pyridine rings is 1. The Hall–Kier alpha value is -3.43. The summed E-state index contributed by atoms with van der Waals surface area (Å²) in [5, 5.41) is 0. The fourth-order valence-corrected chi connectivity index (χ4v) is 5.55. The van der Waals surface area contributed by atoms with Crippen molar-refractivity contribution in [1.29, 1.82) is 0 Å². The normalized spacial score (nSPS) is 15.9.